The Balaban J connectivity index is 1.80. The molecule has 2 heterocycles. The molecule has 0 spiro atoms. The molecule has 0 radical (unpaired) electrons. The lowest BCUT2D eigenvalue weighted by Crippen LogP contribution is -2.23. The fraction of sp³-hybridized carbons (Fsp3) is 0.111. The van der Waals surface area contributed by atoms with Crippen LogP contribution in [0.5, 0.6) is 0 Å². The maximum atomic E-state index is 12.6. The van der Waals surface area contributed by atoms with Gasteiger partial charge in [-0.05, 0) is 21.6 Å². The molecule has 0 amide bonds. The van der Waals surface area contributed by atoms with Gasteiger partial charge in [0.1, 0.15) is 0 Å². The van der Waals surface area contributed by atoms with Crippen LogP contribution in [0.2, 0.25) is 0 Å². The number of hydrogen-bond acceptors (Lipinski definition) is 4. The van der Waals surface area contributed by atoms with Crippen molar-refractivity contribution in [2.45, 2.75) is 13.0 Å². The van der Waals surface area contributed by atoms with Gasteiger partial charge >= 0.3 is 0 Å². The van der Waals surface area contributed by atoms with E-state index in [9.17, 15) is 4.79 Å². The van der Waals surface area contributed by atoms with Crippen LogP contribution in [0.25, 0.3) is 5.78 Å². The zero-order valence-electron chi connectivity index (χ0n) is 12.9. The van der Waals surface area contributed by atoms with E-state index in [4.69, 9.17) is 0 Å². The molecule has 118 valence electrons. The maximum absolute atomic E-state index is 12.6. The molecule has 0 N–H and O–H groups in total. The first kappa shape index (κ1) is 14.3. The Morgan fingerprint density at radius 1 is 0.875 bits per heavy atom. The van der Waals surface area contributed by atoms with Crippen molar-refractivity contribution in [2.24, 2.45) is 0 Å². The molecule has 0 atom stereocenters. The maximum Gasteiger partial charge on any atom is 0.280 e. The van der Waals surface area contributed by atoms with Crippen LogP contribution in [0.1, 0.15) is 16.7 Å². The Labute approximate surface area is 138 Å². The van der Waals surface area contributed by atoms with Crippen LogP contribution in [0.4, 0.5) is 0 Å². The van der Waals surface area contributed by atoms with Crippen molar-refractivity contribution in [3.63, 3.8) is 0 Å². The summed E-state index contributed by atoms with van der Waals surface area (Å²) in [6, 6.07) is 19.9. The van der Waals surface area contributed by atoms with E-state index in [2.05, 4.69) is 15.5 Å². The number of fused-ring (bicyclic) bond motifs is 1. The van der Waals surface area contributed by atoms with Gasteiger partial charge in [-0.1, -0.05) is 65.8 Å². The molecule has 0 aliphatic rings. The Morgan fingerprint density at radius 2 is 1.54 bits per heavy atom. The Bertz CT molecular complexity index is 1020. The van der Waals surface area contributed by atoms with E-state index in [1.807, 2.05) is 71.4 Å². The number of rotatable bonds is 4. The molecule has 0 unspecified atom stereocenters. The van der Waals surface area contributed by atoms with Crippen molar-refractivity contribution >= 4 is 5.78 Å². The summed E-state index contributed by atoms with van der Waals surface area (Å²) in [6.45, 7) is 0.604. The summed E-state index contributed by atoms with van der Waals surface area (Å²) in [4.78, 5) is 12.6. The van der Waals surface area contributed by atoms with E-state index < -0.39 is 0 Å². The van der Waals surface area contributed by atoms with E-state index in [-0.39, 0.29) is 5.56 Å². The van der Waals surface area contributed by atoms with Crippen molar-refractivity contribution in [1.82, 2.24) is 24.6 Å². The van der Waals surface area contributed by atoms with Gasteiger partial charge in [-0.2, -0.15) is 0 Å². The molecule has 0 saturated heterocycles. The van der Waals surface area contributed by atoms with E-state index in [1.165, 1.54) is 4.52 Å². The van der Waals surface area contributed by atoms with Crippen LogP contribution in [0.15, 0.2) is 71.7 Å². The van der Waals surface area contributed by atoms with Crippen molar-refractivity contribution in [1.29, 1.82) is 0 Å². The normalized spacial score (nSPS) is 11.0. The topological polar surface area (TPSA) is 65.1 Å². The standard InChI is InChI=1S/C18H15N5O/c24-17-16(11-14-7-3-1-4-8-14)13-22(18-19-20-21-23(17)18)12-15-9-5-2-6-10-15/h1-10,13H,11-12H2. The van der Waals surface area contributed by atoms with Gasteiger partial charge in [0.2, 0.25) is 0 Å². The molecule has 2 aromatic heterocycles. The van der Waals surface area contributed by atoms with E-state index in [0.29, 0.717) is 24.3 Å². The molecule has 4 rings (SSSR count). The highest BCUT2D eigenvalue weighted by Crippen LogP contribution is 2.09. The number of benzene rings is 2. The van der Waals surface area contributed by atoms with Gasteiger partial charge in [-0.3, -0.25) is 4.79 Å². The zero-order valence-corrected chi connectivity index (χ0v) is 12.9. The van der Waals surface area contributed by atoms with Gasteiger partial charge in [-0.15, -0.1) is 4.52 Å². The molecule has 4 aromatic rings. The second kappa shape index (κ2) is 6.08. The van der Waals surface area contributed by atoms with E-state index >= 15 is 0 Å². The molecule has 0 fully saturated rings. The average molecular weight is 317 g/mol. The Kier molecular flexibility index (Phi) is 3.63. The van der Waals surface area contributed by atoms with Crippen LogP contribution in [0, 0.1) is 0 Å². The minimum Gasteiger partial charge on any atom is -0.311 e. The third-order valence-corrected chi connectivity index (χ3v) is 3.92. The number of nitrogens with zero attached hydrogens (tertiary/aromatic N) is 5. The highest BCUT2D eigenvalue weighted by molar-refractivity contribution is 5.32. The van der Waals surface area contributed by atoms with Gasteiger partial charge in [-0.25, -0.2) is 0 Å². The molecular formula is C18H15N5O. The molecular weight excluding hydrogens is 302 g/mol. The number of aromatic nitrogens is 5. The first-order valence-electron chi connectivity index (χ1n) is 7.69. The summed E-state index contributed by atoms with van der Waals surface area (Å²) < 4.78 is 3.18. The van der Waals surface area contributed by atoms with Crippen molar-refractivity contribution in [3.8, 4) is 0 Å². The second-order valence-corrected chi connectivity index (χ2v) is 5.63. The third kappa shape index (κ3) is 2.69. The smallest absolute Gasteiger partial charge is 0.280 e. The van der Waals surface area contributed by atoms with Crippen LogP contribution < -0.4 is 5.56 Å². The fourth-order valence-electron chi connectivity index (χ4n) is 2.76. The molecule has 0 saturated carbocycles. The third-order valence-electron chi connectivity index (χ3n) is 3.92. The molecule has 6 heteroatoms. The predicted octanol–water partition coefficient (Wildman–Crippen LogP) is 1.93. The van der Waals surface area contributed by atoms with E-state index in [1.54, 1.807) is 0 Å². The Morgan fingerprint density at radius 3 is 2.25 bits per heavy atom. The predicted molar refractivity (Wildman–Crippen MR) is 89.8 cm³/mol. The molecule has 2 aromatic carbocycles. The van der Waals surface area contributed by atoms with Gasteiger partial charge in [0.05, 0.1) is 6.54 Å². The molecule has 6 nitrogen and oxygen atoms in total. The molecule has 0 bridgehead atoms. The van der Waals surface area contributed by atoms with Crippen LogP contribution in [0.3, 0.4) is 0 Å². The van der Waals surface area contributed by atoms with Gasteiger partial charge in [0, 0.05) is 18.2 Å². The van der Waals surface area contributed by atoms with Gasteiger partial charge in [0.25, 0.3) is 11.3 Å². The molecule has 24 heavy (non-hydrogen) atoms. The summed E-state index contributed by atoms with van der Waals surface area (Å²) in [5.41, 5.74) is 2.69. The van der Waals surface area contributed by atoms with Crippen molar-refractivity contribution in [3.05, 3.63) is 93.9 Å². The lowest BCUT2D eigenvalue weighted by molar-refractivity contribution is 0.733. The first-order valence-corrected chi connectivity index (χ1v) is 7.69. The lowest BCUT2D eigenvalue weighted by Gasteiger charge is -2.10. The summed E-state index contributed by atoms with van der Waals surface area (Å²) in [5.74, 6) is 0.445. The van der Waals surface area contributed by atoms with Gasteiger partial charge in [0.15, 0.2) is 0 Å². The zero-order chi connectivity index (χ0) is 16.4. The highest BCUT2D eigenvalue weighted by atomic mass is 16.1. The Hall–Kier alpha value is -3.28. The van der Waals surface area contributed by atoms with Crippen molar-refractivity contribution in [2.75, 3.05) is 0 Å². The number of tetrazole rings is 1. The highest BCUT2D eigenvalue weighted by Gasteiger charge is 2.12. The lowest BCUT2D eigenvalue weighted by atomic mass is 10.1. The SMILES string of the molecule is O=c1c(Cc2ccccc2)cn(Cc2ccccc2)c2nnnn12. The minimum absolute atomic E-state index is 0.178. The van der Waals surface area contributed by atoms with Crippen LogP contribution in [-0.4, -0.2) is 24.6 Å². The van der Waals surface area contributed by atoms with Crippen molar-refractivity contribution < 1.29 is 0 Å². The first-order chi connectivity index (χ1) is 11.8. The number of hydrogen-bond donors (Lipinski definition) is 0. The largest absolute Gasteiger partial charge is 0.311 e. The van der Waals surface area contributed by atoms with Crippen LogP contribution in [-0.2, 0) is 13.0 Å². The summed E-state index contributed by atoms with van der Waals surface area (Å²) >= 11 is 0. The summed E-state index contributed by atoms with van der Waals surface area (Å²) in [7, 11) is 0. The average Bonchev–Trinajstić information content (AvgIpc) is 3.11. The molecule has 0 aliphatic carbocycles. The summed E-state index contributed by atoms with van der Waals surface area (Å²) in [5, 5.41) is 11.5. The quantitative estimate of drug-likeness (QED) is 0.577. The summed E-state index contributed by atoms with van der Waals surface area (Å²) in [6.07, 6.45) is 2.40. The van der Waals surface area contributed by atoms with Gasteiger partial charge < -0.3 is 4.57 Å². The molecule has 0 aliphatic heterocycles. The van der Waals surface area contributed by atoms with E-state index in [0.717, 1.165) is 11.1 Å². The monoisotopic (exact) mass is 317 g/mol. The minimum atomic E-state index is -0.178. The second-order valence-electron chi connectivity index (χ2n) is 5.63. The fourth-order valence-corrected chi connectivity index (χ4v) is 2.76. The van der Waals surface area contributed by atoms with Crippen LogP contribution >= 0.6 is 0 Å².